The minimum absolute atomic E-state index is 0.0181. The van der Waals surface area contributed by atoms with Crippen LogP contribution < -0.4 is 16.0 Å². The maximum Gasteiger partial charge on any atom is 0.235 e. The number of ether oxygens (including phenoxy) is 1. The molecule has 1 aromatic heterocycles. The van der Waals surface area contributed by atoms with Crippen LogP contribution in [0.3, 0.4) is 0 Å². The van der Waals surface area contributed by atoms with Crippen LogP contribution in [0.4, 0.5) is 17.8 Å². The Morgan fingerprint density at radius 2 is 2.00 bits per heavy atom. The van der Waals surface area contributed by atoms with Crippen LogP contribution in [0, 0.1) is 0 Å². The normalized spacial score (nSPS) is 10.2. The molecule has 0 saturated carbocycles. The average Bonchev–Trinajstić information content (AvgIpc) is 2.27. The Balaban J connectivity index is 2.88. The lowest BCUT2D eigenvalue weighted by atomic mass is 10.7. The van der Waals surface area contributed by atoms with Gasteiger partial charge in [0.15, 0.2) is 0 Å². The molecular formula is C7H14N6O3. The van der Waals surface area contributed by atoms with Crippen LogP contribution in [0.2, 0.25) is 0 Å². The molecule has 0 aliphatic heterocycles. The van der Waals surface area contributed by atoms with Gasteiger partial charge < -0.3 is 26.0 Å². The van der Waals surface area contributed by atoms with Crippen molar-refractivity contribution in [3.63, 3.8) is 0 Å². The van der Waals surface area contributed by atoms with Gasteiger partial charge in [0.2, 0.25) is 17.8 Å². The summed E-state index contributed by atoms with van der Waals surface area (Å²) in [5, 5.41) is 20.6. The molecule has 9 nitrogen and oxygen atoms in total. The molecule has 0 radical (unpaired) electrons. The van der Waals surface area contributed by atoms with Crippen molar-refractivity contribution in [3.05, 3.63) is 0 Å². The molecule has 1 aromatic rings. The van der Waals surface area contributed by atoms with E-state index < -0.39 is 13.5 Å². The fraction of sp³-hybridized carbons (Fsp3) is 0.571. The van der Waals surface area contributed by atoms with Crippen molar-refractivity contribution in [2.45, 2.75) is 0 Å². The molecule has 1 rings (SSSR count). The molecule has 9 heteroatoms. The number of rotatable bonds is 6. The first-order chi connectivity index (χ1) is 7.71. The molecule has 1 heterocycles. The van der Waals surface area contributed by atoms with Gasteiger partial charge >= 0.3 is 0 Å². The highest BCUT2D eigenvalue weighted by atomic mass is 16.5. The third kappa shape index (κ3) is 3.15. The molecule has 0 bridgehead atoms. The number of nitrogens with zero attached hydrogens (tertiary/aromatic N) is 4. The van der Waals surface area contributed by atoms with Gasteiger partial charge in [-0.2, -0.15) is 15.0 Å². The molecule has 0 aromatic carbocycles. The Morgan fingerprint density at radius 1 is 1.31 bits per heavy atom. The smallest absolute Gasteiger partial charge is 0.235 e. The number of nitrogens with one attached hydrogen (secondary N) is 1. The summed E-state index contributed by atoms with van der Waals surface area (Å²) in [5.74, 6) is 0.267. The van der Waals surface area contributed by atoms with Crippen molar-refractivity contribution < 1.29 is 14.9 Å². The number of nitrogens with two attached hydrogens (primary N) is 1. The maximum atomic E-state index is 8.92. The van der Waals surface area contributed by atoms with Gasteiger partial charge in [-0.1, -0.05) is 0 Å². The SMILES string of the molecule is COCNc1nc(N)nc(N(CO)CO)n1. The topological polar surface area (TPSA) is 130 Å². The summed E-state index contributed by atoms with van der Waals surface area (Å²) in [6, 6.07) is 0. The van der Waals surface area contributed by atoms with Gasteiger partial charge in [-0.3, -0.25) is 4.90 Å². The molecule has 5 N–H and O–H groups in total. The highest BCUT2D eigenvalue weighted by Gasteiger charge is 2.10. The van der Waals surface area contributed by atoms with E-state index in [-0.39, 0.29) is 24.6 Å². The van der Waals surface area contributed by atoms with Gasteiger partial charge in [0.05, 0.1) is 0 Å². The number of aliphatic hydroxyl groups is 2. The van der Waals surface area contributed by atoms with E-state index in [0.29, 0.717) is 0 Å². The monoisotopic (exact) mass is 230 g/mol. The minimum atomic E-state index is -0.427. The standard InChI is InChI=1S/C7H14N6O3/c1-16-2-9-6-10-5(8)11-7(12-6)13(3-14)4-15/h14-15H,2-4H2,1H3,(H3,8,9,10,11,12). The first-order valence-electron chi connectivity index (χ1n) is 4.42. The summed E-state index contributed by atoms with van der Waals surface area (Å²) >= 11 is 0. The van der Waals surface area contributed by atoms with Crippen LogP contribution in [0.1, 0.15) is 0 Å². The van der Waals surface area contributed by atoms with E-state index in [2.05, 4.69) is 20.3 Å². The van der Waals surface area contributed by atoms with Gasteiger partial charge in [-0.15, -0.1) is 0 Å². The number of aromatic nitrogens is 3. The van der Waals surface area contributed by atoms with Crippen molar-refractivity contribution >= 4 is 17.8 Å². The summed E-state index contributed by atoms with van der Waals surface area (Å²) in [6.07, 6.45) is 0. The summed E-state index contributed by atoms with van der Waals surface area (Å²) in [7, 11) is 1.51. The fourth-order valence-electron chi connectivity index (χ4n) is 0.909. The van der Waals surface area contributed by atoms with Crippen molar-refractivity contribution in [3.8, 4) is 0 Å². The number of anilines is 3. The second-order valence-corrected chi connectivity index (χ2v) is 2.75. The van der Waals surface area contributed by atoms with Crippen LogP contribution in [0.15, 0.2) is 0 Å². The number of nitrogen functional groups attached to an aromatic ring is 1. The zero-order chi connectivity index (χ0) is 12.0. The zero-order valence-electron chi connectivity index (χ0n) is 8.79. The van der Waals surface area contributed by atoms with E-state index >= 15 is 0 Å². The van der Waals surface area contributed by atoms with E-state index in [9.17, 15) is 0 Å². The van der Waals surface area contributed by atoms with E-state index in [1.807, 2.05) is 0 Å². The van der Waals surface area contributed by atoms with Gasteiger partial charge in [0.25, 0.3) is 0 Å². The van der Waals surface area contributed by atoms with Crippen LogP contribution in [0.5, 0.6) is 0 Å². The van der Waals surface area contributed by atoms with Crippen molar-refractivity contribution in [2.75, 3.05) is 43.3 Å². The Hall–Kier alpha value is -1.71. The first-order valence-corrected chi connectivity index (χ1v) is 4.42. The van der Waals surface area contributed by atoms with Crippen molar-refractivity contribution in [1.82, 2.24) is 15.0 Å². The lowest BCUT2D eigenvalue weighted by molar-refractivity contribution is 0.219. The van der Waals surface area contributed by atoms with E-state index in [0.717, 1.165) is 4.90 Å². The molecule has 0 saturated heterocycles. The number of hydrogen-bond acceptors (Lipinski definition) is 9. The Bertz CT molecular complexity index is 332. The molecular weight excluding hydrogens is 216 g/mol. The van der Waals surface area contributed by atoms with Gasteiger partial charge in [0, 0.05) is 7.11 Å². The molecule has 0 unspecified atom stereocenters. The largest absolute Gasteiger partial charge is 0.376 e. The van der Waals surface area contributed by atoms with E-state index in [4.69, 9.17) is 20.7 Å². The Morgan fingerprint density at radius 3 is 2.56 bits per heavy atom. The van der Waals surface area contributed by atoms with Gasteiger partial charge in [0.1, 0.15) is 20.2 Å². The van der Waals surface area contributed by atoms with Crippen molar-refractivity contribution in [1.29, 1.82) is 0 Å². The molecule has 90 valence electrons. The number of methoxy groups -OCH3 is 1. The summed E-state index contributed by atoms with van der Waals surface area (Å²) in [5.41, 5.74) is 5.45. The van der Waals surface area contributed by atoms with Gasteiger partial charge in [-0.05, 0) is 0 Å². The first kappa shape index (κ1) is 12.4. The van der Waals surface area contributed by atoms with Crippen LogP contribution in [0.25, 0.3) is 0 Å². The molecule has 0 aliphatic rings. The minimum Gasteiger partial charge on any atom is -0.376 e. The zero-order valence-corrected chi connectivity index (χ0v) is 8.79. The third-order valence-electron chi connectivity index (χ3n) is 1.64. The van der Waals surface area contributed by atoms with E-state index in [1.54, 1.807) is 0 Å². The average molecular weight is 230 g/mol. The summed E-state index contributed by atoms with van der Waals surface area (Å²) in [6.45, 7) is -0.644. The predicted octanol–water partition coefficient (Wildman–Crippen LogP) is -1.82. The summed E-state index contributed by atoms with van der Waals surface area (Å²) < 4.78 is 4.77. The number of hydrogen-bond donors (Lipinski definition) is 4. The molecule has 0 atom stereocenters. The molecule has 0 spiro atoms. The molecule has 16 heavy (non-hydrogen) atoms. The highest BCUT2D eigenvalue weighted by molar-refractivity contribution is 5.40. The summed E-state index contributed by atoms with van der Waals surface area (Å²) in [4.78, 5) is 12.6. The maximum absolute atomic E-state index is 8.92. The highest BCUT2D eigenvalue weighted by Crippen LogP contribution is 2.10. The van der Waals surface area contributed by atoms with Crippen LogP contribution >= 0.6 is 0 Å². The Kier molecular flexibility index (Phi) is 4.64. The second kappa shape index (κ2) is 6.00. The molecule has 0 amide bonds. The Labute approximate surface area is 91.9 Å². The van der Waals surface area contributed by atoms with Crippen LogP contribution in [-0.2, 0) is 4.74 Å². The third-order valence-corrected chi connectivity index (χ3v) is 1.64. The van der Waals surface area contributed by atoms with Gasteiger partial charge in [-0.25, -0.2) is 0 Å². The lowest BCUT2D eigenvalue weighted by Gasteiger charge is -2.17. The fourth-order valence-corrected chi connectivity index (χ4v) is 0.909. The lowest BCUT2D eigenvalue weighted by Crippen LogP contribution is -2.28. The second-order valence-electron chi connectivity index (χ2n) is 2.75. The van der Waals surface area contributed by atoms with Crippen LogP contribution in [-0.4, -0.2) is 52.5 Å². The molecule has 0 aliphatic carbocycles. The van der Waals surface area contributed by atoms with Crippen molar-refractivity contribution in [2.24, 2.45) is 0 Å². The number of aliphatic hydroxyl groups excluding tert-OH is 2. The molecule has 0 fully saturated rings. The quantitative estimate of drug-likeness (QED) is 0.417. The predicted molar refractivity (Wildman–Crippen MR) is 56.4 cm³/mol. The van der Waals surface area contributed by atoms with E-state index in [1.165, 1.54) is 7.11 Å².